The average Bonchev–Trinajstić information content (AvgIpc) is 3.13. The molecule has 0 amide bonds. The highest BCUT2D eigenvalue weighted by molar-refractivity contribution is 4.92. The molecule has 0 fully saturated rings. The summed E-state index contributed by atoms with van der Waals surface area (Å²) in [4.78, 5) is 42.8. The van der Waals surface area contributed by atoms with Gasteiger partial charge in [0.1, 0.15) is 0 Å². The minimum atomic E-state index is -0.495. The molecular formula is C18H26N6O8. The number of nitro groups is 2. The molecule has 0 unspecified atom stereocenters. The van der Waals surface area contributed by atoms with Gasteiger partial charge in [-0.25, -0.2) is 9.59 Å². The summed E-state index contributed by atoms with van der Waals surface area (Å²) in [7, 11) is 0. The van der Waals surface area contributed by atoms with Gasteiger partial charge in [-0.05, 0) is 25.7 Å². The SMILES string of the molecule is O=c1onc2n1[C@@H](CC[N+](=O)[O-])CCCC2.O=c1onc2n1[C@H](CC[N+](=O)[O-])CCCC2. The van der Waals surface area contributed by atoms with E-state index in [4.69, 9.17) is 0 Å². The highest BCUT2D eigenvalue weighted by atomic mass is 16.6. The van der Waals surface area contributed by atoms with Gasteiger partial charge in [0, 0.05) is 47.6 Å². The van der Waals surface area contributed by atoms with E-state index in [1.165, 1.54) is 9.13 Å². The third-order valence-corrected chi connectivity index (χ3v) is 5.80. The predicted molar refractivity (Wildman–Crippen MR) is 108 cm³/mol. The van der Waals surface area contributed by atoms with Crippen LogP contribution in [0.25, 0.3) is 0 Å². The zero-order chi connectivity index (χ0) is 23.1. The van der Waals surface area contributed by atoms with Crippen LogP contribution in [0, 0.1) is 20.2 Å². The Bertz CT molecular complexity index is 955. The molecule has 14 nitrogen and oxygen atoms in total. The van der Waals surface area contributed by atoms with Crippen molar-refractivity contribution in [1.82, 2.24) is 19.4 Å². The molecule has 4 rings (SSSR count). The van der Waals surface area contributed by atoms with Gasteiger partial charge < -0.3 is 0 Å². The Morgan fingerprint density at radius 3 is 1.56 bits per heavy atom. The lowest BCUT2D eigenvalue weighted by molar-refractivity contribution is -0.481. The van der Waals surface area contributed by atoms with Crippen LogP contribution in [0.2, 0.25) is 0 Å². The molecule has 0 spiro atoms. The van der Waals surface area contributed by atoms with Crippen molar-refractivity contribution in [2.24, 2.45) is 0 Å². The summed E-state index contributed by atoms with van der Waals surface area (Å²) in [5.41, 5.74) is 0. The molecule has 0 saturated carbocycles. The predicted octanol–water partition coefficient (Wildman–Crippen LogP) is 1.54. The first-order valence-corrected chi connectivity index (χ1v) is 10.7. The first kappa shape index (κ1) is 23.3. The quantitative estimate of drug-likeness (QED) is 0.458. The highest BCUT2D eigenvalue weighted by Crippen LogP contribution is 2.24. The molecule has 0 N–H and O–H groups in total. The van der Waals surface area contributed by atoms with Gasteiger partial charge >= 0.3 is 11.5 Å². The average molecular weight is 454 g/mol. The highest BCUT2D eigenvalue weighted by Gasteiger charge is 2.25. The van der Waals surface area contributed by atoms with Crippen molar-refractivity contribution >= 4 is 0 Å². The standard InChI is InChI=1S/2C9H13N3O4/c2*13-9-12-7(5-6-11(14)15)3-1-2-4-8(12)10-16-9/h2*7H,1-6H2/t2*7-/m10/s1. The van der Waals surface area contributed by atoms with Gasteiger partial charge in [0.15, 0.2) is 11.6 Å². The fourth-order valence-electron chi connectivity index (χ4n) is 4.26. The molecule has 0 saturated heterocycles. The zero-order valence-corrected chi connectivity index (χ0v) is 17.6. The second kappa shape index (κ2) is 10.8. The Morgan fingerprint density at radius 1 is 0.781 bits per heavy atom. The molecule has 32 heavy (non-hydrogen) atoms. The first-order chi connectivity index (χ1) is 15.4. The molecular weight excluding hydrogens is 428 g/mol. The Kier molecular flexibility index (Phi) is 7.89. The molecule has 4 heterocycles. The lowest BCUT2D eigenvalue weighted by atomic mass is 10.1. The molecule has 0 bridgehead atoms. The van der Waals surface area contributed by atoms with Crippen LogP contribution in [-0.4, -0.2) is 42.4 Å². The van der Waals surface area contributed by atoms with E-state index < -0.39 is 11.5 Å². The normalized spacial score (nSPS) is 20.1. The summed E-state index contributed by atoms with van der Waals surface area (Å²) in [6.45, 7) is -0.247. The van der Waals surface area contributed by atoms with Crippen molar-refractivity contribution in [3.8, 4) is 0 Å². The molecule has 2 aliphatic heterocycles. The van der Waals surface area contributed by atoms with Crippen LogP contribution >= 0.6 is 0 Å². The van der Waals surface area contributed by atoms with Crippen molar-refractivity contribution in [2.45, 2.75) is 76.3 Å². The maximum Gasteiger partial charge on any atom is 0.441 e. The number of aryl methyl sites for hydroxylation is 2. The fraction of sp³-hybridized carbons (Fsp3) is 0.778. The largest absolute Gasteiger partial charge is 0.441 e. The van der Waals surface area contributed by atoms with Gasteiger partial charge in [-0.1, -0.05) is 23.2 Å². The van der Waals surface area contributed by atoms with Crippen molar-refractivity contribution in [3.63, 3.8) is 0 Å². The van der Waals surface area contributed by atoms with Crippen molar-refractivity contribution in [1.29, 1.82) is 0 Å². The minimum absolute atomic E-state index is 0.123. The van der Waals surface area contributed by atoms with E-state index >= 15 is 0 Å². The van der Waals surface area contributed by atoms with E-state index in [2.05, 4.69) is 19.4 Å². The Balaban J connectivity index is 0.000000181. The molecule has 0 aromatic carbocycles. The van der Waals surface area contributed by atoms with Crippen molar-refractivity contribution in [3.05, 3.63) is 53.0 Å². The summed E-state index contributed by atoms with van der Waals surface area (Å²) < 4.78 is 12.2. The maximum atomic E-state index is 11.4. The minimum Gasteiger partial charge on any atom is -0.296 e. The maximum absolute atomic E-state index is 11.4. The molecule has 0 radical (unpaired) electrons. The van der Waals surface area contributed by atoms with Crippen LogP contribution in [0.5, 0.6) is 0 Å². The Morgan fingerprint density at radius 2 is 1.19 bits per heavy atom. The van der Waals surface area contributed by atoms with E-state index in [-0.39, 0.29) is 35.0 Å². The molecule has 0 aliphatic carbocycles. The smallest absolute Gasteiger partial charge is 0.296 e. The van der Waals surface area contributed by atoms with Gasteiger partial charge in [0.2, 0.25) is 13.1 Å². The summed E-state index contributed by atoms with van der Waals surface area (Å²) in [6, 6.07) is -0.275. The number of rotatable bonds is 6. The van der Waals surface area contributed by atoms with Gasteiger partial charge in [0.25, 0.3) is 0 Å². The van der Waals surface area contributed by atoms with Crippen LogP contribution in [0.4, 0.5) is 0 Å². The zero-order valence-electron chi connectivity index (χ0n) is 17.6. The monoisotopic (exact) mass is 454 g/mol. The van der Waals surface area contributed by atoms with Crippen LogP contribution in [0.3, 0.4) is 0 Å². The van der Waals surface area contributed by atoms with E-state index in [0.717, 1.165) is 38.5 Å². The van der Waals surface area contributed by atoms with Gasteiger partial charge in [-0.15, -0.1) is 0 Å². The molecule has 2 atom stereocenters. The Hall–Kier alpha value is -3.32. The van der Waals surface area contributed by atoms with Crippen molar-refractivity contribution in [2.75, 3.05) is 13.1 Å². The number of aromatic nitrogens is 4. The van der Waals surface area contributed by atoms with Gasteiger partial charge in [-0.3, -0.25) is 38.4 Å². The van der Waals surface area contributed by atoms with E-state index in [1.54, 1.807) is 0 Å². The van der Waals surface area contributed by atoms with E-state index in [9.17, 15) is 29.8 Å². The number of hydrogen-bond donors (Lipinski definition) is 0. The summed E-state index contributed by atoms with van der Waals surface area (Å²) in [6.07, 6.45) is 7.52. The summed E-state index contributed by atoms with van der Waals surface area (Å²) in [5, 5.41) is 28.1. The lowest BCUT2D eigenvalue weighted by Crippen LogP contribution is -2.23. The molecule has 2 aliphatic rings. The molecule has 2 aromatic rings. The topological polar surface area (TPSA) is 182 Å². The number of hydrogen-bond acceptors (Lipinski definition) is 10. The van der Waals surface area contributed by atoms with Crippen LogP contribution in [0.15, 0.2) is 18.6 Å². The van der Waals surface area contributed by atoms with E-state index in [1.807, 2.05) is 0 Å². The summed E-state index contributed by atoms with van der Waals surface area (Å²) in [5.74, 6) is 0.252. The van der Waals surface area contributed by atoms with Crippen LogP contribution < -0.4 is 11.5 Å². The van der Waals surface area contributed by atoms with Crippen LogP contribution in [-0.2, 0) is 12.8 Å². The number of nitrogens with zero attached hydrogens (tertiary/aromatic N) is 6. The van der Waals surface area contributed by atoms with Gasteiger partial charge in [0.05, 0.1) is 0 Å². The van der Waals surface area contributed by atoms with E-state index in [0.29, 0.717) is 37.3 Å². The second-order valence-electron chi connectivity index (χ2n) is 7.96. The van der Waals surface area contributed by atoms with Crippen LogP contribution in [0.1, 0.15) is 75.1 Å². The second-order valence-corrected chi connectivity index (χ2v) is 7.96. The molecule has 14 heteroatoms. The number of fused-ring (bicyclic) bond motifs is 2. The Labute approximate surface area is 181 Å². The van der Waals surface area contributed by atoms with Crippen molar-refractivity contribution < 1.29 is 18.9 Å². The summed E-state index contributed by atoms with van der Waals surface area (Å²) >= 11 is 0. The van der Waals surface area contributed by atoms with Gasteiger partial charge in [-0.2, -0.15) is 0 Å². The molecule has 176 valence electrons. The molecule has 2 aromatic heterocycles. The first-order valence-electron chi connectivity index (χ1n) is 10.7. The third-order valence-electron chi connectivity index (χ3n) is 5.80. The fourth-order valence-corrected chi connectivity index (χ4v) is 4.26. The third kappa shape index (κ3) is 5.88. The lowest BCUT2D eigenvalue weighted by Gasteiger charge is -2.12.